The highest BCUT2D eigenvalue weighted by molar-refractivity contribution is 5.71. The van der Waals surface area contributed by atoms with E-state index in [4.69, 9.17) is 9.84 Å². The Morgan fingerprint density at radius 1 is 1.50 bits per heavy atom. The lowest BCUT2D eigenvalue weighted by Crippen LogP contribution is -2.19. The van der Waals surface area contributed by atoms with Gasteiger partial charge in [-0.2, -0.15) is 0 Å². The smallest absolute Gasteiger partial charge is 0.309 e. The van der Waals surface area contributed by atoms with E-state index in [2.05, 4.69) is 4.98 Å². The van der Waals surface area contributed by atoms with Crippen LogP contribution in [0.3, 0.4) is 0 Å². The second-order valence-corrected chi connectivity index (χ2v) is 4.93. The molecule has 0 aliphatic heterocycles. The van der Waals surface area contributed by atoms with Crippen LogP contribution in [0.1, 0.15) is 11.4 Å². The number of pyridine rings is 1. The molecule has 1 N–H and O–H groups in total. The molecule has 0 fully saturated rings. The second-order valence-electron chi connectivity index (χ2n) is 4.93. The highest BCUT2D eigenvalue weighted by Gasteiger charge is 2.14. The number of ether oxygens (including phenoxy) is 1. The normalized spacial score (nSPS) is 11.2. The summed E-state index contributed by atoms with van der Waals surface area (Å²) in [5.74, 6) is -0.192. The predicted octanol–water partition coefficient (Wildman–Crippen LogP) is 1.21. The average molecular weight is 277 g/mol. The summed E-state index contributed by atoms with van der Waals surface area (Å²) in [4.78, 5) is 17.4. The van der Waals surface area contributed by atoms with Crippen LogP contribution in [0.2, 0.25) is 0 Å². The molecule has 2 rings (SSSR count). The number of fused-ring (bicyclic) bond motifs is 1. The van der Waals surface area contributed by atoms with Crippen LogP contribution in [-0.2, 0) is 11.2 Å². The van der Waals surface area contributed by atoms with Crippen molar-refractivity contribution in [3.63, 3.8) is 0 Å². The molecule has 0 saturated carbocycles. The van der Waals surface area contributed by atoms with Crippen LogP contribution in [0.15, 0.2) is 18.3 Å². The molecule has 6 nitrogen and oxygen atoms in total. The Balaban J connectivity index is 2.31. The van der Waals surface area contributed by atoms with Crippen LogP contribution in [0.5, 0.6) is 5.75 Å². The number of hydrogen-bond donors (Lipinski definition) is 1. The van der Waals surface area contributed by atoms with E-state index in [1.165, 1.54) is 0 Å². The molecule has 20 heavy (non-hydrogen) atoms. The molecular weight excluding hydrogens is 258 g/mol. The molecule has 0 saturated heterocycles. The van der Waals surface area contributed by atoms with Crippen LogP contribution < -0.4 is 4.74 Å². The number of rotatable bonds is 6. The van der Waals surface area contributed by atoms with Gasteiger partial charge in [-0.05, 0) is 33.2 Å². The van der Waals surface area contributed by atoms with E-state index >= 15 is 0 Å². The van der Waals surface area contributed by atoms with Gasteiger partial charge >= 0.3 is 5.97 Å². The van der Waals surface area contributed by atoms with Gasteiger partial charge < -0.3 is 19.1 Å². The lowest BCUT2D eigenvalue weighted by Gasteiger charge is -2.11. The monoisotopic (exact) mass is 277 g/mol. The molecule has 2 aromatic heterocycles. The molecule has 2 heterocycles. The summed E-state index contributed by atoms with van der Waals surface area (Å²) in [5, 5.41) is 8.96. The maximum atomic E-state index is 10.9. The summed E-state index contributed by atoms with van der Waals surface area (Å²) < 4.78 is 7.52. The standard InChI is InChI=1S/C14H19N3O3/c1-10-11(9-13(18)19)17-6-4-5-12(14(17)15-10)20-8-7-16(2)3/h4-6H,7-9H2,1-3H3,(H,18,19). The first kappa shape index (κ1) is 14.3. The summed E-state index contributed by atoms with van der Waals surface area (Å²) in [6.07, 6.45) is 1.76. The fraction of sp³-hybridized carbons (Fsp3) is 0.429. The number of aromatic nitrogens is 2. The molecule has 6 heteroatoms. The molecule has 0 unspecified atom stereocenters. The summed E-state index contributed by atoms with van der Waals surface area (Å²) in [5.41, 5.74) is 2.07. The maximum absolute atomic E-state index is 10.9. The topological polar surface area (TPSA) is 67.1 Å². The van der Waals surface area contributed by atoms with E-state index in [1.54, 1.807) is 4.40 Å². The van der Waals surface area contributed by atoms with Crippen molar-refractivity contribution in [2.24, 2.45) is 0 Å². The first-order chi connectivity index (χ1) is 9.49. The van der Waals surface area contributed by atoms with Gasteiger partial charge in [-0.3, -0.25) is 4.79 Å². The van der Waals surface area contributed by atoms with Gasteiger partial charge in [0.05, 0.1) is 17.8 Å². The summed E-state index contributed by atoms with van der Waals surface area (Å²) in [6, 6.07) is 3.69. The third kappa shape index (κ3) is 3.08. The minimum Gasteiger partial charge on any atom is -0.488 e. The number of aliphatic carboxylic acids is 1. The van der Waals surface area contributed by atoms with Crippen LogP contribution in [-0.4, -0.2) is 52.6 Å². The van der Waals surface area contributed by atoms with Crippen LogP contribution >= 0.6 is 0 Å². The van der Waals surface area contributed by atoms with Gasteiger partial charge in [0, 0.05) is 12.7 Å². The molecule has 0 atom stereocenters. The third-order valence-corrected chi connectivity index (χ3v) is 3.03. The zero-order valence-electron chi connectivity index (χ0n) is 12.0. The molecule has 0 aromatic carbocycles. The first-order valence-corrected chi connectivity index (χ1v) is 6.45. The minimum absolute atomic E-state index is 0.0475. The SMILES string of the molecule is Cc1nc2c(OCCN(C)C)cccn2c1CC(=O)O. The molecule has 0 spiro atoms. The quantitative estimate of drug-likeness (QED) is 0.859. The highest BCUT2D eigenvalue weighted by Crippen LogP contribution is 2.22. The predicted molar refractivity (Wildman–Crippen MR) is 75.3 cm³/mol. The zero-order valence-corrected chi connectivity index (χ0v) is 12.0. The van der Waals surface area contributed by atoms with Gasteiger partial charge in [0.15, 0.2) is 11.4 Å². The number of carboxylic acids is 1. The van der Waals surface area contributed by atoms with Crippen LogP contribution in [0.25, 0.3) is 5.65 Å². The van der Waals surface area contributed by atoms with Crippen molar-refractivity contribution in [1.29, 1.82) is 0 Å². The summed E-state index contributed by atoms with van der Waals surface area (Å²) in [6.45, 7) is 3.18. The average Bonchev–Trinajstić information content (AvgIpc) is 2.66. The Hall–Kier alpha value is -2.08. The van der Waals surface area contributed by atoms with E-state index < -0.39 is 5.97 Å². The number of nitrogens with zero attached hydrogens (tertiary/aromatic N) is 3. The first-order valence-electron chi connectivity index (χ1n) is 6.45. The molecule has 108 valence electrons. The van der Waals surface area contributed by atoms with E-state index in [9.17, 15) is 4.79 Å². The Kier molecular flexibility index (Phi) is 4.24. The van der Waals surface area contributed by atoms with E-state index in [-0.39, 0.29) is 6.42 Å². The van der Waals surface area contributed by atoms with E-state index in [1.807, 2.05) is 44.2 Å². The fourth-order valence-electron chi connectivity index (χ4n) is 2.01. The Labute approximate surface area is 117 Å². The summed E-state index contributed by atoms with van der Waals surface area (Å²) >= 11 is 0. The molecule has 0 bridgehead atoms. The van der Waals surface area contributed by atoms with Gasteiger partial charge in [0.2, 0.25) is 0 Å². The maximum Gasteiger partial charge on any atom is 0.309 e. The molecule has 2 aromatic rings. The molecule has 0 aliphatic carbocycles. The lowest BCUT2D eigenvalue weighted by molar-refractivity contribution is -0.136. The molecule has 0 aliphatic rings. The Morgan fingerprint density at radius 3 is 2.90 bits per heavy atom. The van der Waals surface area contributed by atoms with Gasteiger partial charge in [0.1, 0.15) is 6.61 Å². The van der Waals surface area contributed by atoms with Crippen molar-refractivity contribution >= 4 is 11.6 Å². The van der Waals surface area contributed by atoms with Crippen molar-refractivity contribution in [1.82, 2.24) is 14.3 Å². The summed E-state index contributed by atoms with van der Waals surface area (Å²) in [7, 11) is 3.96. The number of hydrogen-bond acceptors (Lipinski definition) is 4. The number of aryl methyl sites for hydroxylation is 1. The Morgan fingerprint density at radius 2 is 2.25 bits per heavy atom. The molecule has 0 amide bonds. The van der Waals surface area contributed by atoms with Crippen molar-refractivity contribution in [2.75, 3.05) is 27.2 Å². The van der Waals surface area contributed by atoms with Gasteiger partial charge in [-0.1, -0.05) is 0 Å². The minimum atomic E-state index is -0.867. The van der Waals surface area contributed by atoms with Crippen molar-refractivity contribution < 1.29 is 14.6 Å². The van der Waals surface area contributed by atoms with Crippen LogP contribution in [0.4, 0.5) is 0 Å². The fourth-order valence-corrected chi connectivity index (χ4v) is 2.01. The molecule has 0 radical (unpaired) electrons. The van der Waals surface area contributed by atoms with Crippen molar-refractivity contribution in [3.8, 4) is 5.75 Å². The third-order valence-electron chi connectivity index (χ3n) is 3.03. The van der Waals surface area contributed by atoms with Gasteiger partial charge in [-0.25, -0.2) is 4.98 Å². The molecular formula is C14H19N3O3. The Bertz CT molecular complexity index is 619. The number of likely N-dealkylation sites (N-methyl/N-ethyl adjacent to an activating group) is 1. The van der Waals surface area contributed by atoms with Gasteiger partial charge in [-0.15, -0.1) is 0 Å². The number of imidazole rings is 1. The number of carboxylic acid groups (broad SMARTS) is 1. The van der Waals surface area contributed by atoms with E-state index in [0.29, 0.717) is 23.7 Å². The van der Waals surface area contributed by atoms with Crippen LogP contribution in [0, 0.1) is 6.92 Å². The highest BCUT2D eigenvalue weighted by atomic mass is 16.5. The van der Waals surface area contributed by atoms with E-state index in [0.717, 1.165) is 12.2 Å². The largest absolute Gasteiger partial charge is 0.488 e. The lowest BCUT2D eigenvalue weighted by atomic mass is 10.2. The number of carbonyl (C=O) groups is 1. The second kappa shape index (κ2) is 5.92. The van der Waals surface area contributed by atoms with Crippen molar-refractivity contribution in [3.05, 3.63) is 29.7 Å². The zero-order chi connectivity index (χ0) is 14.7. The van der Waals surface area contributed by atoms with Gasteiger partial charge in [0.25, 0.3) is 0 Å². The van der Waals surface area contributed by atoms with Crippen molar-refractivity contribution in [2.45, 2.75) is 13.3 Å².